The molecule has 0 saturated heterocycles. The number of nitrogens with zero attached hydrogens (tertiary/aromatic N) is 1. The molecule has 3 aliphatic carbocycles. The van der Waals surface area contributed by atoms with Crippen molar-refractivity contribution in [1.82, 2.24) is 4.98 Å². The standard InChI is InChI=1S/C24H26N2/c1-17-6-4-9-20(26-17)16-25-22-11-5-8-19-13-15-24(23(19)22)14-12-18-7-2-3-10-21(18)24/h2,4-9,11,25H,3,10,12-16H2,1H3/t24-/m1/s1. The van der Waals surface area contributed by atoms with Crippen LogP contribution in [0, 0.1) is 6.92 Å². The molecule has 0 amide bonds. The quantitative estimate of drug-likeness (QED) is 0.782. The van der Waals surface area contributed by atoms with Gasteiger partial charge in [0.15, 0.2) is 0 Å². The van der Waals surface area contributed by atoms with E-state index in [1.165, 1.54) is 44.2 Å². The third-order valence-corrected chi connectivity index (χ3v) is 6.52. The zero-order valence-electron chi connectivity index (χ0n) is 15.5. The summed E-state index contributed by atoms with van der Waals surface area (Å²) < 4.78 is 0. The Hall–Kier alpha value is -2.35. The molecule has 5 rings (SSSR count). The molecule has 1 atom stereocenters. The van der Waals surface area contributed by atoms with E-state index in [-0.39, 0.29) is 0 Å². The van der Waals surface area contributed by atoms with Crippen LogP contribution < -0.4 is 5.32 Å². The van der Waals surface area contributed by atoms with Crippen molar-refractivity contribution in [2.45, 2.75) is 57.4 Å². The molecular formula is C24H26N2. The smallest absolute Gasteiger partial charge is 0.0597 e. The molecule has 1 aromatic heterocycles. The number of aryl methyl sites for hydroxylation is 2. The maximum atomic E-state index is 4.66. The lowest BCUT2D eigenvalue weighted by atomic mass is 9.73. The van der Waals surface area contributed by atoms with E-state index in [0.717, 1.165) is 17.9 Å². The van der Waals surface area contributed by atoms with Gasteiger partial charge >= 0.3 is 0 Å². The topological polar surface area (TPSA) is 24.9 Å². The Labute approximate surface area is 156 Å². The van der Waals surface area contributed by atoms with E-state index in [0.29, 0.717) is 5.41 Å². The minimum Gasteiger partial charge on any atom is -0.379 e. The zero-order valence-corrected chi connectivity index (χ0v) is 15.5. The number of pyridine rings is 1. The van der Waals surface area contributed by atoms with Gasteiger partial charge < -0.3 is 5.32 Å². The summed E-state index contributed by atoms with van der Waals surface area (Å²) in [6, 6.07) is 13.1. The van der Waals surface area contributed by atoms with E-state index in [9.17, 15) is 0 Å². The average molecular weight is 342 g/mol. The number of fused-ring (bicyclic) bond motifs is 3. The molecule has 0 unspecified atom stereocenters. The van der Waals surface area contributed by atoms with Crippen LogP contribution in [-0.2, 0) is 18.4 Å². The van der Waals surface area contributed by atoms with Gasteiger partial charge in [0.2, 0.25) is 0 Å². The van der Waals surface area contributed by atoms with Crippen LogP contribution in [-0.4, -0.2) is 4.98 Å². The average Bonchev–Trinajstić information content (AvgIpc) is 3.24. The van der Waals surface area contributed by atoms with Gasteiger partial charge in [-0.1, -0.05) is 35.9 Å². The molecule has 132 valence electrons. The molecule has 2 nitrogen and oxygen atoms in total. The van der Waals surface area contributed by atoms with E-state index in [2.05, 4.69) is 65.8 Å². The summed E-state index contributed by atoms with van der Waals surface area (Å²) in [6.07, 6.45) is 12.3. The predicted octanol–water partition coefficient (Wildman–Crippen LogP) is 5.63. The van der Waals surface area contributed by atoms with E-state index in [1.54, 1.807) is 22.3 Å². The highest BCUT2D eigenvalue weighted by atomic mass is 14.9. The highest BCUT2D eigenvalue weighted by molar-refractivity contribution is 5.65. The van der Waals surface area contributed by atoms with Crippen LogP contribution in [0.25, 0.3) is 0 Å². The summed E-state index contributed by atoms with van der Waals surface area (Å²) in [4.78, 5) is 4.66. The van der Waals surface area contributed by atoms with Gasteiger partial charge in [-0.25, -0.2) is 0 Å². The predicted molar refractivity (Wildman–Crippen MR) is 107 cm³/mol. The highest BCUT2D eigenvalue weighted by Gasteiger charge is 2.47. The van der Waals surface area contributed by atoms with Crippen LogP contribution in [0.5, 0.6) is 0 Å². The number of allylic oxidation sites excluding steroid dienone is 4. The zero-order chi connectivity index (χ0) is 17.6. The Bertz CT molecular complexity index is 922. The second-order valence-electron chi connectivity index (χ2n) is 7.99. The van der Waals surface area contributed by atoms with E-state index in [4.69, 9.17) is 0 Å². The van der Waals surface area contributed by atoms with Crippen molar-refractivity contribution in [3.8, 4) is 0 Å². The number of aromatic nitrogens is 1. The van der Waals surface area contributed by atoms with Gasteiger partial charge in [0.1, 0.15) is 0 Å². The number of rotatable bonds is 3. The molecule has 0 bridgehead atoms. The van der Waals surface area contributed by atoms with Gasteiger partial charge in [0.05, 0.1) is 12.2 Å². The molecule has 26 heavy (non-hydrogen) atoms. The molecular weight excluding hydrogens is 316 g/mol. The van der Waals surface area contributed by atoms with Crippen LogP contribution >= 0.6 is 0 Å². The molecule has 2 aromatic rings. The lowest BCUT2D eigenvalue weighted by Crippen LogP contribution is -2.24. The molecule has 1 aromatic carbocycles. The first kappa shape index (κ1) is 15.9. The molecule has 0 aliphatic heterocycles. The SMILES string of the molecule is Cc1cccc(CNc2cccc3c2[C@]2(CCC4=C2CCC=C4)CC3)n1. The molecule has 0 radical (unpaired) electrons. The molecule has 1 heterocycles. The molecule has 0 fully saturated rings. The van der Waals surface area contributed by atoms with Crippen molar-refractivity contribution < 1.29 is 0 Å². The number of anilines is 1. The second-order valence-corrected chi connectivity index (χ2v) is 7.99. The number of hydrogen-bond acceptors (Lipinski definition) is 2. The number of nitrogens with one attached hydrogen (secondary N) is 1. The minimum atomic E-state index is 0.291. The fourth-order valence-corrected chi connectivity index (χ4v) is 5.42. The molecule has 3 aliphatic rings. The number of benzene rings is 1. The van der Waals surface area contributed by atoms with Crippen LogP contribution in [0.3, 0.4) is 0 Å². The first-order chi connectivity index (χ1) is 12.8. The maximum absolute atomic E-state index is 4.66. The van der Waals surface area contributed by atoms with Crippen molar-refractivity contribution in [3.05, 3.63) is 82.2 Å². The Morgan fingerprint density at radius 3 is 2.85 bits per heavy atom. The monoisotopic (exact) mass is 342 g/mol. The fraction of sp³-hybridized carbons (Fsp3) is 0.375. The number of hydrogen-bond donors (Lipinski definition) is 1. The van der Waals surface area contributed by atoms with Gasteiger partial charge in [-0.15, -0.1) is 0 Å². The van der Waals surface area contributed by atoms with E-state index in [1.807, 2.05) is 0 Å². The third-order valence-electron chi connectivity index (χ3n) is 6.52. The normalized spacial score (nSPS) is 23.4. The van der Waals surface area contributed by atoms with Gasteiger partial charge in [0.25, 0.3) is 0 Å². The Morgan fingerprint density at radius 1 is 1.04 bits per heavy atom. The van der Waals surface area contributed by atoms with Gasteiger partial charge in [0, 0.05) is 16.8 Å². The highest BCUT2D eigenvalue weighted by Crippen LogP contribution is 2.57. The first-order valence-corrected chi connectivity index (χ1v) is 9.94. The van der Waals surface area contributed by atoms with E-state index < -0.39 is 0 Å². The molecule has 0 saturated carbocycles. The van der Waals surface area contributed by atoms with Crippen molar-refractivity contribution >= 4 is 5.69 Å². The Kier molecular flexibility index (Phi) is 3.74. The lowest BCUT2D eigenvalue weighted by Gasteiger charge is -2.32. The summed E-state index contributed by atoms with van der Waals surface area (Å²) >= 11 is 0. The summed E-state index contributed by atoms with van der Waals surface area (Å²) in [6.45, 7) is 2.85. The van der Waals surface area contributed by atoms with Crippen LogP contribution in [0.1, 0.15) is 54.6 Å². The van der Waals surface area contributed by atoms with Gasteiger partial charge in [-0.05, 0) is 80.3 Å². The lowest BCUT2D eigenvalue weighted by molar-refractivity contribution is 0.481. The minimum absolute atomic E-state index is 0.291. The van der Waals surface area contributed by atoms with Crippen molar-refractivity contribution in [2.24, 2.45) is 0 Å². The second kappa shape index (κ2) is 6.12. The van der Waals surface area contributed by atoms with Crippen LogP contribution in [0.2, 0.25) is 0 Å². The van der Waals surface area contributed by atoms with E-state index >= 15 is 0 Å². The van der Waals surface area contributed by atoms with Gasteiger partial charge in [-0.2, -0.15) is 0 Å². The molecule has 2 heteroatoms. The third kappa shape index (κ3) is 2.43. The van der Waals surface area contributed by atoms with Gasteiger partial charge in [-0.3, -0.25) is 4.98 Å². The Morgan fingerprint density at radius 2 is 1.92 bits per heavy atom. The summed E-state index contributed by atoms with van der Waals surface area (Å²) in [5.41, 5.74) is 10.3. The summed E-state index contributed by atoms with van der Waals surface area (Å²) in [7, 11) is 0. The van der Waals surface area contributed by atoms with Crippen molar-refractivity contribution in [2.75, 3.05) is 5.32 Å². The van der Waals surface area contributed by atoms with Crippen LogP contribution in [0.4, 0.5) is 5.69 Å². The molecule has 1 N–H and O–H groups in total. The Balaban J connectivity index is 1.51. The van der Waals surface area contributed by atoms with Crippen LogP contribution in [0.15, 0.2) is 59.7 Å². The summed E-state index contributed by atoms with van der Waals surface area (Å²) in [5.74, 6) is 0. The first-order valence-electron chi connectivity index (χ1n) is 9.94. The summed E-state index contributed by atoms with van der Waals surface area (Å²) in [5, 5.41) is 3.73. The van der Waals surface area contributed by atoms with Crippen molar-refractivity contribution in [3.63, 3.8) is 0 Å². The maximum Gasteiger partial charge on any atom is 0.0597 e. The van der Waals surface area contributed by atoms with Crippen molar-refractivity contribution in [1.29, 1.82) is 0 Å². The largest absolute Gasteiger partial charge is 0.379 e. The molecule has 1 spiro atoms. The fourth-order valence-electron chi connectivity index (χ4n) is 5.42.